The number of furan rings is 1. The van der Waals surface area contributed by atoms with Crippen LogP contribution in [0.3, 0.4) is 0 Å². The predicted molar refractivity (Wildman–Crippen MR) is 110 cm³/mol. The molecular weight excluding hydrogens is 419 g/mol. The van der Waals surface area contributed by atoms with Crippen LogP contribution in [-0.4, -0.2) is 41.1 Å². The first kappa shape index (κ1) is 22.7. The van der Waals surface area contributed by atoms with Crippen LogP contribution in [0.1, 0.15) is 24.9 Å². The first-order valence-electron chi connectivity index (χ1n) is 8.32. The van der Waals surface area contributed by atoms with Gasteiger partial charge in [-0.05, 0) is 31.2 Å². The van der Waals surface area contributed by atoms with Gasteiger partial charge in [-0.2, -0.15) is 0 Å². The lowest BCUT2D eigenvalue weighted by molar-refractivity contribution is -0.402. The number of halogens is 1. The minimum absolute atomic E-state index is 0. The van der Waals surface area contributed by atoms with Crippen molar-refractivity contribution in [3.8, 4) is 0 Å². The molecule has 1 aliphatic heterocycles. The van der Waals surface area contributed by atoms with Gasteiger partial charge < -0.3 is 19.8 Å². The highest BCUT2D eigenvalue weighted by Gasteiger charge is 2.32. The van der Waals surface area contributed by atoms with Crippen molar-refractivity contribution in [2.24, 2.45) is 0 Å². The molecule has 160 valence electrons. The maximum Gasteiger partial charge on any atom is 0.433 e. The first-order valence-corrected chi connectivity index (χ1v) is 8.73. The molecule has 1 aromatic heterocycles. The van der Waals surface area contributed by atoms with Crippen LogP contribution >= 0.6 is 12.2 Å². The van der Waals surface area contributed by atoms with Crippen molar-refractivity contribution in [3.05, 3.63) is 52.0 Å². The van der Waals surface area contributed by atoms with Gasteiger partial charge in [0, 0.05) is 0 Å². The molecule has 1 aromatic carbocycles. The summed E-state index contributed by atoms with van der Waals surface area (Å²) < 4.78 is 24.4. The molecule has 0 unspecified atom stereocenters. The molecule has 12 heteroatoms. The molecule has 0 bridgehead atoms. The van der Waals surface area contributed by atoms with Crippen LogP contribution in [0.15, 0.2) is 34.7 Å². The number of carbonyl (C=O) groups excluding carboxylic acids is 2. The summed E-state index contributed by atoms with van der Waals surface area (Å²) in [5, 5.41) is 15.8. The second kappa shape index (κ2) is 9.31. The van der Waals surface area contributed by atoms with Crippen molar-refractivity contribution >= 4 is 46.5 Å². The van der Waals surface area contributed by atoms with Crippen LogP contribution in [0.5, 0.6) is 0 Å². The summed E-state index contributed by atoms with van der Waals surface area (Å²) >= 11 is 4.91. The molecule has 0 aliphatic carbocycles. The summed E-state index contributed by atoms with van der Waals surface area (Å²) in [6, 6.07) is 5.90. The lowest BCUT2D eigenvalue weighted by atomic mass is 10.2. The Hall–Kier alpha value is -3.54. The lowest BCUT2D eigenvalue weighted by Gasteiger charge is -2.14. The molecule has 3 rings (SSSR count). The maximum atomic E-state index is 14.4. The van der Waals surface area contributed by atoms with E-state index in [1.807, 2.05) is 0 Å². The van der Waals surface area contributed by atoms with E-state index in [0.717, 1.165) is 18.2 Å². The molecule has 0 saturated carbocycles. The van der Waals surface area contributed by atoms with Crippen molar-refractivity contribution in [2.45, 2.75) is 20.5 Å². The Bertz CT molecular complexity index is 995. The van der Waals surface area contributed by atoms with Crippen LogP contribution in [0.2, 0.25) is 0 Å². The fraction of sp³-hybridized carbons (Fsp3) is 0.278. The number of benzene rings is 1. The molecule has 2 amide bonds. The highest BCUT2D eigenvalue weighted by Crippen LogP contribution is 2.26. The Kier molecular flexibility index (Phi) is 7.06. The fourth-order valence-electron chi connectivity index (χ4n) is 2.60. The number of carbonyl (C=O) groups is 2. The molecule has 10 nitrogen and oxygen atoms in total. The predicted octanol–water partition coefficient (Wildman–Crippen LogP) is 3.48. The number of nitrogens with one attached hydrogen (secondary N) is 2. The van der Waals surface area contributed by atoms with Crippen molar-refractivity contribution in [2.75, 3.05) is 23.3 Å². The topological polar surface area (TPSA) is 127 Å². The zero-order valence-electron chi connectivity index (χ0n) is 15.0. The van der Waals surface area contributed by atoms with Crippen LogP contribution in [0.25, 0.3) is 0 Å². The number of thiocarbonyl (C=S) groups is 1. The number of amides is 2. The molecule has 2 aromatic rings. The molecule has 2 heterocycles. The van der Waals surface area contributed by atoms with E-state index in [9.17, 15) is 24.1 Å². The number of nitro groups is 1. The second-order valence-electron chi connectivity index (χ2n) is 6.07. The van der Waals surface area contributed by atoms with E-state index >= 15 is 0 Å². The van der Waals surface area contributed by atoms with Gasteiger partial charge in [0.05, 0.1) is 35.5 Å². The molecule has 1 aliphatic rings. The van der Waals surface area contributed by atoms with Crippen molar-refractivity contribution in [1.29, 1.82) is 0 Å². The number of anilines is 2. The van der Waals surface area contributed by atoms with Crippen molar-refractivity contribution in [3.63, 3.8) is 0 Å². The molecule has 0 radical (unpaired) electrons. The maximum absolute atomic E-state index is 14.4. The normalized spacial score (nSPS) is 15.2. The number of rotatable bonds is 6. The first-order chi connectivity index (χ1) is 13.7. The van der Waals surface area contributed by atoms with Gasteiger partial charge in [-0.3, -0.25) is 19.8 Å². The highest BCUT2D eigenvalue weighted by atomic mass is 32.1. The van der Waals surface area contributed by atoms with E-state index in [4.69, 9.17) is 21.4 Å². The average Bonchev–Trinajstić information content (AvgIpc) is 3.29. The largest absolute Gasteiger partial charge is 0.442 e. The Morgan fingerprint density at radius 3 is 2.73 bits per heavy atom. The summed E-state index contributed by atoms with van der Waals surface area (Å²) in [5.41, 5.74) is 0.0700. The third-order valence-electron chi connectivity index (χ3n) is 3.96. The minimum Gasteiger partial charge on any atom is -0.442 e. The molecular formula is C18H19FN4O6S. The summed E-state index contributed by atoms with van der Waals surface area (Å²) in [7, 11) is 0. The van der Waals surface area contributed by atoms with Crippen molar-refractivity contribution < 1.29 is 28.1 Å². The van der Waals surface area contributed by atoms with Crippen LogP contribution in [0, 0.1) is 15.9 Å². The second-order valence-corrected chi connectivity index (χ2v) is 6.68. The van der Waals surface area contributed by atoms with E-state index in [0.29, 0.717) is 11.5 Å². The monoisotopic (exact) mass is 438 g/mol. The number of hydrogen-bond donors (Lipinski definition) is 2. The summed E-state index contributed by atoms with van der Waals surface area (Å²) in [6.45, 7) is 2.24. The van der Waals surface area contributed by atoms with Gasteiger partial charge in [0.15, 0.2) is 5.76 Å². The zero-order valence-corrected chi connectivity index (χ0v) is 15.8. The molecule has 1 atom stereocenters. The molecule has 1 saturated heterocycles. The quantitative estimate of drug-likeness (QED) is 0.399. The Morgan fingerprint density at radius 2 is 2.13 bits per heavy atom. The van der Waals surface area contributed by atoms with Gasteiger partial charge in [-0.1, -0.05) is 19.6 Å². The average molecular weight is 438 g/mol. The van der Waals surface area contributed by atoms with E-state index in [1.165, 1.54) is 17.0 Å². The van der Waals surface area contributed by atoms with Crippen molar-refractivity contribution in [1.82, 2.24) is 5.32 Å². The highest BCUT2D eigenvalue weighted by molar-refractivity contribution is 7.80. The Morgan fingerprint density at radius 1 is 1.40 bits per heavy atom. The van der Waals surface area contributed by atoms with Crippen LogP contribution in [0.4, 0.5) is 26.4 Å². The van der Waals surface area contributed by atoms with E-state index in [2.05, 4.69) is 10.6 Å². The van der Waals surface area contributed by atoms with Gasteiger partial charge in [-0.15, -0.1) is 0 Å². The number of ether oxygens (including phenoxy) is 1. The van der Waals surface area contributed by atoms with Crippen LogP contribution < -0.4 is 15.5 Å². The molecule has 1 fully saturated rings. The number of hydrogen-bond acceptors (Lipinski definition) is 7. The molecule has 2 N–H and O–H groups in total. The standard InChI is InChI=1S/C17H15FN4O6S.CH4/c1-9(29)19-7-11-8-21(17(24)27-11)10-2-3-13(12(18)6-10)20-16(23)14-4-5-15(28-14)22(25)26;/h2-6,11H,7-8H2,1H3,(H,19,29)(H,20,23);1H4/t11-;/m0./s1. The third-order valence-corrected chi connectivity index (χ3v) is 4.11. The Balaban J connectivity index is 0.00000320. The molecule has 30 heavy (non-hydrogen) atoms. The smallest absolute Gasteiger partial charge is 0.433 e. The van der Waals surface area contributed by atoms with Gasteiger partial charge >= 0.3 is 12.0 Å². The van der Waals surface area contributed by atoms with Crippen LogP contribution in [-0.2, 0) is 4.74 Å². The van der Waals surface area contributed by atoms with Gasteiger partial charge in [0.25, 0.3) is 5.91 Å². The number of cyclic esters (lactones) is 1. The van der Waals surface area contributed by atoms with E-state index in [-0.39, 0.29) is 31.1 Å². The van der Waals surface area contributed by atoms with Gasteiger partial charge in [-0.25, -0.2) is 9.18 Å². The lowest BCUT2D eigenvalue weighted by Crippen LogP contribution is -2.32. The fourth-order valence-corrected chi connectivity index (χ4v) is 2.68. The van der Waals surface area contributed by atoms with Gasteiger partial charge in [0.2, 0.25) is 0 Å². The minimum atomic E-state index is -0.855. The molecule has 0 spiro atoms. The number of nitrogens with zero attached hydrogens (tertiary/aromatic N) is 2. The van der Waals surface area contributed by atoms with Gasteiger partial charge in [0.1, 0.15) is 16.8 Å². The summed E-state index contributed by atoms with van der Waals surface area (Å²) in [5.74, 6) is -2.60. The zero-order chi connectivity index (χ0) is 21.1. The summed E-state index contributed by atoms with van der Waals surface area (Å²) in [6.07, 6.45) is -1.07. The third kappa shape index (κ3) is 5.08. The summed E-state index contributed by atoms with van der Waals surface area (Å²) in [4.78, 5) is 35.7. The Labute approximate surface area is 176 Å². The SMILES string of the molecule is C.CC(=S)NC[C@H]1CN(c2ccc(NC(=O)c3ccc([N+](=O)[O-])o3)c(F)c2)C(=O)O1. The van der Waals surface area contributed by atoms with E-state index < -0.39 is 34.7 Å². The van der Waals surface area contributed by atoms with E-state index in [1.54, 1.807) is 6.92 Å².